The normalized spacial score (nSPS) is 18.8. The molecule has 20 heavy (non-hydrogen) atoms. The first-order valence-electron chi connectivity index (χ1n) is 7.13. The number of piperidine rings is 1. The Morgan fingerprint density at radius 2 is 2.05 bits per heavy atom. The molecule has 2 rings (SSSR count). The van der Waals surface area contributed by atoms with Gasteiger partial charge in [-0.05, 0) is 38.4 Å². The van der Waals surface area contributed by atoms with Gasteiger partial charge in [0.05, 0.1) is 17.4 Å². The topological polar surface area (TPSA) is 64.9 Å². The molecule has 0 bridgehead atoms. The smallest absolute Gasteiger partial charge is 0.230 e. The van der Waals surface area contributed by atoms with Crippen molar-refractivity contribution < 1.29 is 4.79 Å². The van der Waals surface area contributed by atoms with E-state index in [9.17, 15) is 4.79 Å². The number of nitrogens with one attached hydrogen (secondary N) is 2. The van der Waals surface area contributed by atoms with Crippen molar-refractivity contribution in [3.63, 3.8) is 0 Å². The summed E-state index contributed by atoms with van der Waals surface area (Å²) in [4.78, 5) is 12.7. The Balaban J connectivity index is 2.19. The third kappa shape index (κ3) is 3.00. The fourth-order valence-corrected chi connectivity index (χ4v) is 2.72. The predicted octanol–water partition coefficient (Wildman–Crippen LogP) is 1.58. The minimum atomic E-state index is -0.457. The summed E-state index contributed by atoms with van der Waals surface area (Å²) < 4.78 is 0. The molecule has 1 unspecified atom stereocenters. The Kier molecular flexibility index (Phi) is 4.75. The zero-order chi connectivity index (χ0) is 14.4. The first-order chi connectivity index (χ1) is 9.69. The maximum Gasteiger partial charge on any atom is 0.230 e. The zero-order valence-corrected chi connectivity index (χ0v) is 11.9. The van der Waals surface area contributed by atoms with Gasteiger partial charge in [-0.3, -0.25) is 4.79 Å². The van der Waals surface area contributed by atoms with E-state index in [1.165, 1.54) is 0 Å². The van der Waals surface area contributed by atoms with Crippen LogP contribution in [0.2, 0.25) is 0 Å². The highest BCUT2D eigenvalue weighted by atomic mass is 16.2. The number of nitriles is 1. The second kappa shape index (κ2) is 6.53. The van der Waals surface area contributed by atoms with Gasteiger partial charge in [0.25, 0.3) is 0 Å². The Labute approximate surface area is 120 Å². The Bertz CT molecular complexity index is 486. The molecule has 1 heterocycles. The summed E-state index contributed by atoms with van der Waals surface area (Å²) in [5.41, 5.74) is 0.616. The molecule has 0 radical (unpaired) electrons. The van der Waals surface area contributed by atoms with Crippen molar-refractivity contribution in [2.24, 2.45) is 5.92 Å². The molecule has 0 spiro atoms. The van der Waals surface area contributed by atoms with Crippen molar-refractivity contribution >= 4 is 5.91 Å². The first kappa shape index (κ1) is 14.5. The summed E-state index contributed by atoms with van der Waals surface area (Å²) in [6.45, 7) is 3.92. The molecule has 0 saturated carbocycles. The van der Waals surface area contributed by atoms with Gasteiger partial charge in [-0.15, -0.1) is 0 Å². The van der Waals surface area contributed by atoms with E-state index in [1.807, 2.05) is 37.3 Å². The van der Waals surface area contributed by atoms with Gasteiger partial charge in [0, 0.05) is 6.54 Å². The van der Waals surface area contributed by atoms with Crippen LogP contribution in [0.25, 0.3) is 0 Å². The molecule has 4 heteroatoms. The molecule has 1 fully saturated rings. The number of rotatable bonds is 4. The van der Waals surface area contributed by atoms with Crippen LogP contribution >= 0.6 is 0 Å². The molecule has 1 aromatic rings. The predicted molar refractivity (Wildman–Crippen MR) is 78.0 cm³/mol. The highest BCUT2D eigenvalue weighted by Gasteiger charge is 2.40. The largest absolute Gasteiger partial charge is 0.354 e. The van der Waals surface area contributed by atoms with Crippen LogP contribution in [0, 0.1) is 17.2 Å². The molecule has 4 nitrogen and oxygen atoms in total. The average Bonchev–Trinajstić information content (AvgIpc) is 2.53. The Morgan fingerprint density at radius 1 is 1.40 bits per heavy atom. The highest BCUT2D eigenvalue weighted by Crippen LogP contribution is 2.33. The SMILES string of the molecule is CC(C#N)CNC(=O)C1(c2ccccc2)CCNCC1. The van der Waals surface area contributed by atoms with Gasteiger partial charge in [0.2, 0.25) is 5.91 Å². The number of hydrogen-bond donors (Lipinski definition) is 2. The number of nitrogens with zero attached hydrogens (tertiary/aromatic N) is 1. The van der Waals surface area contributed by atoms with Crippen LogP contribution in [-0.4, -0.2) is 25.5 Å². The van der Waals surface area contributed by atoms with Crippen LogP contribution in [0.5, 0.6) is 0 Å². The number of hydrogen-bond acceptors (Lipinski definition) is 3. The standard InChI is InChI=1S/C16H21N3O/c1-13(11-17)12-19-15(20)16(7-9-18-10-8-16)14-5-3-2-4-6-14/h2-6,13,18H,7-10,12H2,1H3,(H,19,20). The summed E-state index contributed by atoms with van der Waals surface area (Å²) in [6.07, 6.45) is 1.59. The molecule has 0 aromatic heterocycles. The maximum atomic E-state index is 12.7. The number of benzene rings is 1. The molecule has 1 saturated heterocycles. The fourth-order valence-electron chi connectivity index (χ4n) is 2.72. The number of carbonyl (C=O) groups excluding carboxylic acids is 1. The van der Waals surface area contributed by atoms with E-state index in [0.717, 1.165) is 31.5 Å². The minimum Gasteiger partial charge on any atom is -0.354 e. The van der Waals surface area contributed by atoms with Gasteiger partial charge in [0.15, 0.2) is 0 Å². The van der Waals surface area contributed by atoms with E-state index in [-0.39, 0.29) is 11.8 Å². The Morgan fingerprint density at radius 3 is 2.65 bits per heavy atom. The summed E-state index contributed by atoms with van der Waals surface area (Å²) in [5.74, 6) is -0.110. The van der Waals surface area contributed by atoms with Crippen molar-refractivity contribution in [1.29, 1.82) is 5.26 Å². The average molecular weight is 271 g/mol. The third-order valence-electron chi connectivity index (χ3n) is 4.01. The maximum absolute atomic E-state index is 12.7. The molecule has 0 aliphatic carbocycles. The van der Waals surface area contributed by atoms with E-state index < -0.39 is 5.41 Å². The summed E-state index contributed by atoms with van der Waals surface area (Å²) in [7, 11) is 0. The van der Waals surface area contributed by atoms with E-state index in [1.54, 1.807) is 0 Å². The molecule has 2 N–H and O–H groups in total. The lowest BCUT2D eigenvalue weighted by atomic mass is 9.72. The monoisotopic (exact) mass is 271 g/mol. The van der Waals surface area contributed by atoms with E-state index in [2.05, 4.69) is 16.7 Å². The lowest BCUT2D eigenvalue weighted by molar-refractivity contribution is -0.127. The molecule has 1 aromatic carbocycles. The van der Waals surface area contributed by atoms with Crippen molar-refractivity contribution in [3.8, 4) is 6.07 Å². The van der Waals surface area contributed by atoms with Crippen LogP contribution in [-0.2, 0) is 10.2 Å². The van der Waals surface area contributed by atoms with E-state index in [4.69, 9.17) is 5.26 Å². The van der Waals surface area contributed by atoms with E-state index >= 15 is 0 Å². The molecular formula is C16H21N3O. The number of amides is 1. The van der Waals surface area contributed by atoms with E-state index in [0.29, 0.717) is 6.54 Å². The fraction of sp³-hybridized carbons (Fsp3) is 0.500. The summed E-state index contributed by atoms with van der Waals surface area (Å²) in [5, 5.41) is 15.1. The van der Waals surface area contributed by atoms with Gasteiger partial charge in [-0.1, -0.05) is 30.3 Å². The van der Waals surface area contributed by atoms with Crippen molar-refractivity contribution in [2.75, 3.05) is 19.6 Å². The molecule has 106 valence electrons. The quantitative estimate of drug-likeness (QED) is 0.874. The summed E-state index contributed by atoms with van der Waals surface area (Å²) in [6, 6.07) is 12.1. The Hall–Kier alpha value is -1.86. The van der Waals surface area contributed by atoms with Crippen molar-refractivity contribution in [2.45, 2.75) is 25.2 Å². The van der Waals surface area contributed by atoms with Gasteiger partial charge in [-0.25, -0.2) is 0 Å². The van der Waals surface area contributed by atoms with Gasteiger partial charge in [-0.2, -0.15) is 5.26 Å². The number of carbonyl (C=O) groups is 1. The molecule has 1 aliphatic heterocycles. The third-order valence-corrected chi connectivity index (χ3v) is 4.01. The lowest BCUT2D eigenvalue weighted by Gasteiger charge is -2.36. The second-order valence-corrected chi connectivity index (χ2v) is 5.44. The van der Waals surface area contributed by atoms with Crippen LogP contribution in [0.1, 0.15) is 25.3 Å². The second-order valence-electron chi connectivity index (χ2n) is 5.44. The lowest BCUT2D eigenvalue weighted by Crippen LogP contribution is -2.51. The molecule has 1 aliphatic rings. The van der Waals surface area contributed by atoms with Crippen LogP contribution < -0.4 is 10.6 Å². The minimum absolute atomic E-state index is 0.0484. The molecule has 1 amide bonds. The highest BCUT2D eigenvalue weighted by molar-refractivity contribution is 5.88. The first-order valence-corrected chi connectivity index (χ1v) is 7.13. The van der Waals surface area contributed by atoms with Gasteiger partial charge in [0.1, 0.15) is 0 Å². The van der Waals surface area contributed by atoms with Crippen molar-refractivity contribution in [1.82, 2.24) is 10.6 Å². The van der Waals surface area contributed by atoms with Gasteiger partial charge >= 0.3 is 0 Å². The van der Waals surface area contributed by atoms with Crippen LogP contribution in [0.4, 0.5) is 0 Å². The van der Waals surface area contributed by atoms with Crippen LogP contribution in [0.3, 0.4) is 0 Å². The van der Waals surface area contributed by atoms with Crippen LogP contribution in [0.15, 0.2) is 30.3 Å². The van der Waals surface area contributed by atoms with Gasteiger partial charge < -0.3 is 10.6 Å². The zero-order valence-electron chi connectivity index (χ0n) is 11.9. The van der Waals surface area contributed by atoms with Crippen molar-refractivity contribution in [3.05, 3.63) is 35.9 Å². The summed E-state index contributed by atoms with van der Waals surface area (Å²) >= 11 is 0. The molecule has 1 atom stereocenters. The molecular weight excluding hydrogens is 250 g/mol.